The predicted molar refractivity (Wildman–Crippen MR) is 154 cm³/mol. The Balaban J connectivity index is 0.00000400. The van der Waals surface area contributed by atoms with Crippen LogP contribution in [-0.2, 0) is 20.4 Å². The van der Waals surface area contributed by atoms with Gasteiger partial charge in [-0.1, -0.05) is 35.3 Å². The number of amides is 2. The van der Waals surface area contributed by atoms with Crippen LogP contribution in [0.1, 0.15) is 35.7 Å². The van der Waals surface area contributed by atoms with Gasteiger partial charge in [0.15, 0.2) is 5.60 Å². The summed E-state index contributed by atoms with van der Waals surface area (Å²) in [7, 11) is -3.68. The van der Waals surface area contributed by atoms with Crippen molar-refractivity contribution in [2.45, 2.75) is 37.5 Å². The van der Waals surface area contributed by atoms with E-state index in [4.69, 9.17) is 23.2 Å². The summed E-state index contributed by atoms with van der Waals surface area (Å²) in [5.74, 6) is -1.09. The van der Waals surface area contributed by atoms with Gasteiger partial charge in [0.2, 0.25) is 10.0 Å². The highest BCUT2D eigenvalue weighted by molar-refractivity contribution is 7.89. The number of carbonyl (C=O) groups excluding carboxylic acids is 2. The Kier molecular flexibility index (Phi) is 9.65. The molecule has 4 rings (SSSR count). The van der Waals surface area contributed by atoms with Gasteiger partial charge in [0.25, 0.3) is 11.8 Å². The molecule has 0 spiro atoms. The third-order valence-electron chi connectivity index (χ3n) is 6.84. The number of rotatable bonds is 7. The summed E-state index contributed by atoms with van der Waals surface area (Å²) in [6, 6.07) is 12.1. The van der Waals surface area contributed by atoms with Gasteiger partial charge in [-0.25, -0.2) is 13.1 Å². The fourth-order valence-corrected chi connectivity index (χ4v) is 5.71. The molecule has 2 aliphatic heterocycles. The summed E-state index contributed by atoms with van der Waals surface area (Å²) >= 11 is 12.2. The second-order valence-corrected chi connectivity index (χ2v) is 12.4. The number of halogens is 2. The lowest BCUT2D eigenvalue weighted by Gasteiger charge is -2.48. The van der Waals surface area contributed by atoms with E-state index in [1.54, 1.807) is 41.3 Å². The fourth-order valence-electron chi connectivity index (χ4n) is 4.81. The van der Waals surface area contributed by atoms with E-state index in [0.717, 1.165) is 37.9 Å². The molecule has 0 unspecified atom stereocenters. The van der Waals surface area contributed by atoms with E-state index in [-0.39, 0.29) is 36.0 Å². The second-order valence-electron chi connectivity index (χ2n) is 9.80. The molecular weight excluding hydrogens is 571 g/mol. The number of piperidine rings is 1. The summed E-state index contributed by atoms with van der Waals surface area (Å²) in [4.78, 5) is 29.2. The van der Waals surface area contributed by atoms with Crippen molar-refractivity contribution in [3.8, 4) is 0 Å². The summed E-state index contributed by atoms with van der Waals surface area (Å²) in [5, 5.41) is 14.9. The Morgan fingerprint density at radius 2 is 1.74 bits per heavy atom. The maximum Gasteiger partial charge on any atom is 0.266 e. The fraction of sp³-hybridized carbons (Fsp3) is 0.440. The molecular formula is C25H32Cl2N4O5S2. The molecule has 2 heterocycles. The predicted octanol–water partition coefficient (Wildman–Crippen LogP) is 2.79. The topological polar surface area (TPSA) is 119 Å². The Labute approximate surface area is 240 Å². The summed E-state index contributed by atoms with van der Waals surface area (Å²) in [5.41, 5.74) is -0.322. The molecule has 38 heavy (non-hydrogen) atoms. The Morgan fingerprint density at radius 3 is 2.32 bits per heavy atom. The van der Waals surface area contributed by atoms with Crippen molar-refractivity contribution in [3.05, 3.63) is 63.6 Å². The van der Waals surface area contributed by atoms with Crippen LogP contribution >= 0.6 is 36.7 Å². The van der Waals surface area contributed by atoms with Gasteiger partial charge >= 0.3 is 0 Å². The standard InChI is InChI=1S/C25H30Cl2N4O5S.H2S/c1-25(34,16-4-3-5-17(26)12-16)24(33)30-10-8-20(9-11-30)31-14-19(15-31)28-18-6-7-21(22(27)13-18)23(32)29-37(2,35)36;/h3-7,12-13,19-20,28,34H,8-11,14-15H2,1-2H3,(H,29,32);1H2/t25-;/m0./s1. The van der Waals surface area contributed by atoms with E-state index >= 15 is 0 Å². The van der Waals surface area contributed by atoms with Crippen LogP contribution in [0.2, 0.25) is 10.0 Å². The first-order valence-electron chi connectivity index (χ1n) is 11.9. The smallest absolute Gasteiger partial charge is 0.266 e. The van der Waals surface area contributed by atoms with Crippen molar-refractivity contribution in [2.75, 3.05) is 37.8 Å². The molecule has 208 valence electrons. The van der Waals surface area contributed by atoms with Crippen LogP contribution in [0.3, 0.4) is 0 Å². The van der Waals surface area contributed by atoms with Gasteiger partial charge in [0, 0.05) is 42.9 Å². The monoisotopic (exact) mass is 602 g/mol. The van der Waals surface area contributed by atoms with Crippen LogP contribution in [0.15, 0.2) is 42.5 Å². The van der Waals surface area contributed by atoms with E-state index < -0.39 is 21.5 Å². The van der Waals surface area contributed by atoms with Gasteiger partial charge in [-0.2, -0.15) is 13.5 Å². The SMILES string of the molecule is C[C@@](O)(C(=O)N1CCC(N2CC(Nc3ccc(C(=O)NS(C)(=O)=O)c(Cl)c3)C2)CC1)c1cccc(Cl)c1.S. The minimum absolute atomic E-state index is 0. The number of nitrogens with one attached hydrogen (secondary N) is 2. The summed E-state index contributed by atoms with van der Waals surface area (Å²) in [6.45, 7) is 4.30. The van der Waals surface area contributed by atoms with Crippen molar-refractivity contribution in [1.29, 1.82) is 0 Å². The zero-order chi connectivity index (χ0) is 27.0. The number of sulfonamides is 1. The molecule has 3 N–H and O–H groups in total. The third-order valence-corrected chi connectivity index (χ3v) is 7.95. The quantitative estimate of drug-likeness (QED) is 0.446. The number of aliphatic hydroxyl groups is 1. The molecule has 0 bridgehead atoms. The van der Waals surface area contributed by atoms with E-state index in [0.29, 0.717) is 29.7 Å². The molecule has 2 aliphatic rings. The average Bonchev–Trinajstić information content (AvgIpc) is 2.79. The number of hydrogen-bond donors (Lipinski definition) is 3. The molecule has 1 atom stereocenters. The van der Waals surface area contributed by atoms with Gasteiger partial charge in [-0.3, -0.25) is 14.5 Å². The average molecular weight is 604 g/mol. The molecule has 0 aliphatic carbocycles. The van der Waals surface area contributed by atoms with Gasteiger partial charge in [0.1, 0.15) is 0 Å². The van der Waals surface area contributed by atoms with Crippen molar-refractivity contribution in [3.63, 3.8) is 0 Å². The lowest BCUT2D eigenvalue weighted by Crippen LogP contribution is -2.61. The number of benzene rings is 2. The number of likely N-dealkylation sites (tertiary alicyclic amines) is 2. The lowest BCUT2D eigenvalue weighted by molar-refractivity contribution is -0.152. The molecule has 0 radical (unpaired) electrons. The molecule has 2 fully saturated rings. The molecule has 2 aromatic carbocycles. The summed E-state index contributed by atoms with van der Waals surface area (Å²) in [6.07, 6.45) is 2.55. The number of anilines is 1. The maximum atomic E-state index is 13.1. The van der Waals surface area contributed by atoms with Crippen molar-refractivity contribution < 1.29 is 23.1 Å². The van der Waals surface area contributed by atoms with Crippen molar-refractivity contribution in [1.82, 2.24) is 14.5 Å². The second kappa shape index (κ2) is 12.0. The highest BCUT2D eigenvalue weighted by Gasteiger charge is 2.40. The van der Waals surface area contributed by atoms with E-state index in [1.165, 1.54) is 13.0 Å². The maximum absolute atomic E-state index is 13.1. The van der Waals surface area contributed by atoms with Gasteiger partial charge in [-0.15, -0.1) is 0 Å². The molecule has 9 nitrogen and oxygen atoms in total. The molecule has 13 heteroatoms. The number of nitrogens with zero attached hydrogens (tertiary/aromatic N) is 2. The Morgan fingerprint density at radius 1 is 1.08 bits per heavy atom. The largest absolute Gasteiger partial charge is 0.380 e. The van der Waals surface area contributed by atoms with E-state index in [9.17, 15) is 23.1 Å². The molecule has 2 amide bonds. The lowest BCUT2D eigenvalue weighted by atomic mass is 9.92. The van der Waals surface area contributed by atoms with Crippen LogP contribution in [0, 0.1) is 0 Å². The molecule has 2 aromatic rings. The van der Waals surface area contributed by atoms with Gasteiger partial charge in [0.05, 0.1) is 22.9 Å². The number of hydrogen-bond acceptors (Lipinski definition) is 7. The van der Waals surface area contributed by atoms with Gasteiger partial charge < -0.3 is 15.3 Å². The summed E-state index contributed by atoms with van der Waals surface area (Å²) < 4.78 is 24.5. The van der Waals surface area contributed by atoms with Crippen LogP contribution in [0.5, 0.6) is 0 Å². The Hall–Kier alpha value is -2.02. The minimum Gasteiger partial charge on any atom is -0.380 e. The van der Waals surface area contributed by atoms with Gasteiger partial charge in [-0.05, 0) is 55.7 Å². The first kappa shape index (κ1) is 30.5. The highest BCUT2D eigenvalue weighted by atomic mass is 35.5. The molecule has 2 saturated heterocycles. The van der Waals surface area contributed by atoms with Crippen LogP contribution in [-0.4, -0.2) is 79.7 Å². The van der Waals surface area contributed by atoms with Crippen molar-refractivity contribution >= 4 is 64.2 Å². The highest BCUT2D eigenvalue weighted by Crippen LogP contribution is 2.30. The van der Waals surface area contributed by atoms with Crippen LogP contribution in [0.25, 0.3) is 0 Å². The normalized spacial score (nSPS) is 18.6. The molecule has 0 aromatic heterocycles. The minimum atomic E-state index is -3.68. The first-order valence-corrected chi connectivity index (χ1v) is 14.6. The number of carbonyl (C=O) groups is 2. The Bertz CT molecular complexity index is 1290. The van der Waals surface area contributed by atoms with E-state index in [2.05, 4.69) is 10.2 Å². The van der Waals surface area contributed by atoms with Crippen LogP contribution in [0.4, 0.5) is 5.69 Å². The third kappa shape index (κ3) is 7.13. The zero-order valence-corrected chi connectivity index (χ0v) is 24.4. The van der Waals surface area contributed by atoms with E-state index in [1.807, 2.05) is 4.72 Å². The zero-order valence-electron chi connectivity index (χ0n) is 21.1. The molecule has 0 saturated carbocycles. The first-order chi connectivity index (χ1) is 17.3. The van der Waals surface area contributed by atoms with Crippen LogP contribution < -0.4 is 10.0 Å². The van der Waals surface area contributed by atoms with Crippen molar-refractivity contribution in [2.24, 2.45) is 0 Å².